The average Bonchev–Trinajstić information content (AvgIpc) is 3.01. The quantitative estimate of drug-likeness (QED) is 0.925. The van der Waals surface area contributed by atoms with Crippen molar-refractivity contribution in [3.63, 3.8) is 0 Å². The van der Waals surface area contributed by atoms with Gasteiger partial charge >= 0.3 is 0 Å². The van der Waals surface area contributed by atoms with E-state index in [0.29, 0.717) is 18.5 Å². The first-order chi connectivity index (χ1) is 10.7. The van der Waals surface area contributed by atoms with Crippen molar-refractivity contribution in [1.29, 1.82) is 0 Å². The molecule has 0 spiro atoms. The van der Waals surface area contributed by atoms with E-state index in [2.05, 4.69) is 33.6 Å². The van der Waals surface area contributed by atoms with E-state index in [1.165, 1.54) is 25.8 Å². The molecule has 22 heavy (non-hydrogen) atoms. The molecule has 2 atom stereocenters. The lowest BCUT2D eigenvalue weighted by Crippen LogP contribution is -2.61. The lowest BCUT2D eigenvalue weighted by atomic mass is 9.95. The van der Waals surface area contributed by atoms with E-state index in [-0.39, 0.29) is 5.91 Å². The van der Waals surface area contributed by atoms with Crippen molar-refractivity contribution in [2.45, 2.75) is 64.5 Å². The Balaban J connectivity index is 1.66. The summed E-state index contributed by atoms with van der Waals surface area (Å²) in [5.41, 5.74) is 1.10. The van der Waals surface area contributed by atoms with Crippen LogP contribution in [-0.4, -0.2) is 57.4 Å². The van der Waals surface area contributed by atoms with Crippen molar-refractivity contribution < 1.29 is 4.79 Å². The molecule has 3 rings (SSSR count). The molecular weight excluding hydrogens is 276 g/mol. The lowest BCUT2D eigenvalue weighted by molar-refractivity contribution is -0.138. The number of imidazole rings is 1. The van der Waals surface area contributed by atoms with E-state index in [1.54, 1.807) is 0 Å². The maximum atomic E-state index is 12.8. The number of amides is 1. The fourth-order valence-corrected chi connectivity index (χ4v) is 3.83. The van der Waals surface area contributed by atoms with Crippen LogP contribution in [0.4, 0.5) is 0 Å². The first-order valence-corrected chi connectivity index (χ1v) is 8.77. The zero-order valence-electron chi connectivity index (χ0n) is 13.8. The minimum atomic E-state index is 0.231. The predicted octanol–water partition coefficient (Wildman–Crippen LogP) is 1.99. The Kier molecular flexibility index (Phi) is 4.81. The van der Waals surface area contributed by atoms with E-state index in [0.717, 1.165) is 37.4 Å². The fraction of sp³-hybridized carbons (Fsp3) is 0.765. The molecule has 0 aromatic carbocycles. The molecule has 0 aliphatic carbocycles. The molecule has 3 heterocycles. The van der Waals surface area contributed by atoms with E-state index >= 15 is 0 Å². The van der Waals surface area contributed by atoms with Crippen molar-refractivity contribution in [1.82, 2.24) is 19.8 Å². The van der Waals surface area contributed by atoms with Crippen molar-refractivity contribution in [3.05, 3.63) is 17.7 Å². The summed E-state index contributed by atoms with van der Waals surface area (Å²) >= 11 is 0. The Morgan fingerprint density at radius 2 is 2.23 bits per heavy atom. The highest BCUT2D eigenvalue weighted by atomic mass is 16.2. The normalized spacial score (nSPS) is 26.0. The lowest BCUT2D eigenvalue weighted by Gasteiger charge is -2.48. The summed E-state index contributed by atoms with van der Waals surface area (Å²) < 4.78 is 0. The summed E-state index contributed by atoms with van der Waals surface area (Å²) in [7, 11) is 0. The van der Waals surface area contributed by atoms with Crippen LogP contribution in [0.5, 0.6) is 0 Å². The number of piperazine rings is 1. The molecule has 2 fully saturated rings. The van der Waals surface area contributed by atoms with Gasteiger partial charge in [-0.05, 0) is 32.2 Å². The summed E-state index contributed by atoms with van der Waals surface area (Å²) in [6.07, 6.45) is 8.07. The Morgan fingerprint density at radius 1 is 1.36 bits per heavy atom. The smallest absolute Gasteiger partial charge is 0.230 e. The third-order valence-corrected chi connectivity index (χ3v) is 5.21. The second-order valence-electron chi connectivity index (χ2n) is 6.64. The molecule has 1 aromatic heterocycles. The number of piperidine rings is 1. The first-order valence-electron chi connectivity index (χ1n) is 8.77. The minimum Gasteiger partial charge on any atom is -0.345 e. The molecule has 1 amide bonds. The van der Waals surface area contributed by atoms with Gasteiger partial charge in [0.15, 0.2) is 0 Å². The SMILES string of the molecule is CCc1cnc(CC(=O)N2CC3CCCCN3CC2CC)[nH]1. The Labute approximate surface area is 133 Å². The van der Waals surface area contributed by atoms with E-state index in [4.69, 9.17) is 0 Å². The number of aromatic nitrogens is 2. The molecule has 122 valence electrons. The number of nitrogens with one attached hydrogen (secondary N) is 1. The molecular formula is C17H28N4O. The summed E-state index contributed by atoms with van der Waals surface area (Å²) in [5.74, 6) is 1.04. The van der Waals surface area contributed by atoms with Gasteiger partial charge in [-0.25, -0.2) is 4.98 Å². The molecule has 2 unspecified atom stereocenters. The van der Waals surface area contributed by atoms with Crippen LogP contribution in [0.2, 0.25) is 0 Å². The van der Waals surface area contributed by atoms with Crippen LogP contribution < -0.4 is 0 Å². The summed E-state index contributed by atoms with van der Waals surface area (Å²) in [6, 6.07) is 0.936. The van der Waals surface area contributed by atoms with Gasteiger partial charge < -0.3 is 9.88 Å². The first kappa shape index (κ1) is 15.5. The number of aryl methyl sites for hydroxylation is 1. The fourth-order valence-electron chi connectivity index (χ4n) is 3.83. The highest BCUT2D eigenvalue weighted by Crippen LogP contribution is 2.25. The van der Waals surface area contributed by atoms with Crippen LogP contribution in [0, 0.1) is 0 Å². The largest absolute Gasteiger partial charge is 0.345 e. The van der Waals surface area contributed by atoms with Crippen LogP contribution >= 0.6 is 0 Å². The predicted molar refractivity (Wildman–Crippen MR) is 86.7 cm³/mol. The maximum absolute atomic E-state index is 12.8. The number of fused-ring (bicyclic) bond motifs is 1. The highest BCUT2D eigenvalue weighted by Gasteiger charge is 2.36. The summed E-state index contributed by atoms with van der Waals surface area (Å²) in [5, 5.41) is 0. The highest BCUT2D eigenvalue weighted by molar-refractivity contribution is 5.78. The summed E-state index contributed by atoms with van der Waals surface area (Å²) in [4.78, 5) is 25.1. The Bertz CT molecular complexity index is 513. The van der Waals surface area contributed by atoms with Crippen LogP contribution in [-0.2, 0) is 17.6 Å². The zero-order valence-corrected chi connectivity index (χ0v) is 13.8. The number of hydrogen-bond acceptors (Lipinski definition) is 3. The third-order valence-electron chi connectivity index (χ3n) is 5.21. The molecule has 5 heteroatoms. The zero-order chi connectivity index (χ0) is 15.5. The number of aromatic amines is 1. The Morgan fingerprint density at radius 3 is 2.95 bits per heavy atom. The molecule has 1 aromatic rings. The number of rotatable bonds is 4. The molecule has 0 bridgehead atoms. The van der Waals surface area contributed by atoms with Gasteiger partial charge in [0.2, 0.25) is 5.91 Å². The maximum Gasteiger partial charge on any atom is 0.230 e. The van der Waals surface area contributed by atoms with Crippen LogP contribution in [0.3, 0.4) is 0 Å². The van der Waals surface area contributed by atoms with Crippen LogP contribution in [0.25, 0.3) is 0 Å². The topological polar surface area (TPSA) is 52.2 Å². The van der Waals surface area contributed by atoms with Gasteiger partial charge in [0.05, 0.1) is 6.42 Å². The van der Waals surface area contributed by atoms with Gasteiger partial charge in [-0.1, -0.05) is 20.3 Å². The van der Waals surface area contributed by atoms with Gasteiger partial charge in [0.25, 0.3) is 0 Å². The minimum absolute atomic E-state index is 0.231. The Hall–Kier alpha value is -1.36. The number of nitrogens with zero attached hydrogens (tertiary/aromatic N) is 3. The van der Waals surface area contributed by atoms with Gasteiger partial charge in [-0.3, -0.25) is 9.69 Å². The van der Waals surface area contributed by atoms with Crippen molar-refractivity contribution in [3.8, 4) is 0 Å². The van der Waals surface area contributed by atoms with Crippen LogP contribution in [0.15, 0.2) is 6.20 Å². The monoisotopic (exact) mass is 304 g/mol. The standard InChI is InChI=1S/C17H28N4O/c1-3-13-10-18-16(19-13)9-17(22)21-12-15-7-5-6-8-20(15)11-14(21)4-2/h10,14-15H,3-9,11-12H2,1-2H3,(H,18,19). The van der Waals surface area contributed by atoms with Crippen LogP contribution in [0.1, 0.15) is 51.0 Å². The molecule has 0 radical (unpaired) electrons. The molecule has 2 saturated heterocycles. The van der Waals surface area contributed by atoms with Crippen molar-refractivity contribution >= 4 is 5.91 Å². The number of carbonyl (C=O) groups excluding carboxylic acids is 1. The van der Waals surface area contributed by atoms with Crippen molar-refractivity contribution in [2.75, 3.05) is 19.6 Å². The molecule has 1 N–H and O–H groups in total. The molecule has 5 nitrogen and oxygen atoms in total. The van der Waals surface area contributed by atoms with E-state index in [1.807, 2.05) is 6.20 Å². The van der Waals surface area contributed by atoms with E-state index in [9.17, 15) is 4.79 Å². The average molecular weight is 304 g/mol. The number of hydrogen-bond donors (Lipinski definition) is 1. The second kappa shape index (κ2) is 6.82. The van der Waals surface area contributed by atoms with Gasteiger partial charge in [-0.2, -0.15) is 0 Å². The molecule has 2 aliphatic rings. The van der Waals surface area contributed by atoms with Gasteiger partial charge in [0.1, 0.15) is 5.82 Å². The molecule has 0 saturated carbocycles. The second-order valence-corrected chi connectivity index (χ2v) is 6.64. The van der Waals surface area contributed by atoms with Crippen molar-refractivity contribution in [2.24, 2.45) is 0 Å². The summed E-state index contributed by atoms with van der Waals surface area (Å²) in [6.45, 7) is 7.44. The number of H-pyrrole nitrogens is 1. The third kappa shape index (κ3) is 3.19. The number of carbonyl (C=O) groups is 1. The van der Waals surface area contributed by atoms with Gasteiger partial charge in [-0.15, -0.1) is 0 Å². The van der Waals surface area contributed by atoms with Gasteiger partial charge in [0, 0.05) is 37.1 Å². The van der Waals surface area contributed by atoms with E-state index < -0.39 is 0 Å². The molecule has 2 aliphatic heterocycles.